The van der Waals surface area contributed by atoms with E-state index in [-0.39, 0.29) is 0 Å². The molecule has 0 spiro atoms. The van der Waals surface area contributed by atoms with Crippen molar-refractivity contribution in [3.05, 3.63) is 23.3 Å². The number of rotatable bonds is 3. The van der Waals surface area contributed by atoms with Gasteiger partial charge < -0.3 is 14.7 Å². The van der Waals surface area contributed by atoms with E-state index in [4.69, 9.17) is 10.0 Å². The Morgan fingerprint density at radius 3 is 1.65 bits per heavy atom. The molecule has 9 heteroatoms. The molecule has 0 aliphatic carbocycles. The van der Waals surface area contributed by atoms with Gasteiger partial charge >= 0.3 is 7.32 Å². The molecule has 94 valence electrons. The van der Waals surface area contributed by atoms with Crippen LogP contribution in [0, 0.1) is 23.3 Å². The van der Waals surface area contributed by atoms with Crippen molar-refractivity contribution >= 4 is 21.3 Å². The number of benzene rings is 1. The van der Waals surface area contributed by atoms with Crippen molar-refractivity contribution in [3.63, 3.8) is 0 Å². The third-order valence-electron chi connectivity index (χ3n) is 2.06. The summed E-state index contributed by atoms with van der Waals surface area (Å²) >= 11 is 0. The maximum atomic E-state index is 13.4. The van der Waals surface area contributed by atoms with Gasteiger partial charge in [0, 0.05) is 5.19 Å². The molecule has 0 aliphatic heterocycles. The Labute approximate surface area is 96.4 Å². The molecule has 0 amide bonds. The molecule has 0 saturated heterocycles. The summed E-state index contributed by atoms with van der Waals surface area (Å²) < 4.78 is 57.3. The molecule has 0 fully saturated rings. The minimum Gasteiger partial charge on any atom is -0.507 e. The summed E-state index contributed by atoms with van der Waals surface area (Å²) in [6, 6.07) is 0. The van der Waals surface area contributed by atoms with Crippen LogP contribution in [-0.4, -0.2) is 26.2 Å². The van der Waals surface area contributed by atoms with Gasteiger partial charge in [-0.05, 0) is 0 Å². The molecule has 0 unspecified atom stereocenters. The summed E-state index contributed by atoms with van der Waals surface area (Å²) in [5, 5.41) is 16.1. The third kappa shape index (κ3) is 2.61. The first kappa shape index (κ1) is 14.0. The standard InChI is InChI=1S/C8H9BF4O3Si/c1-17(2)8-5(12)3(10)7(16-9(14)15)4(11)6(8)13/h14-15,17H,1-2H3. The van der Waals surface area contributed by atoms with Crippen LogP contribution in [0.2, 0.25) is 13.1 Å². The summed E-state index contributed by atoms with van der Waals surface area (Å²) in [6.45, 7) is 2.98. The van der Waals surface area contributed by atoms with Crippen LogP contribution in [0.25, 0.3) is 0 Å². The Balaban J connectivity index is 3.47. The van der Waals surface area contributed by atoms with Crippen molar-refractivity contribution in [3.8, 4) is 5.75 Å². The molecule has 0 bridgehead atoms. The molecule has 1 rings (SSSR count). The average Bonchev–Trinajstić information content (AvgIpc) is 2.21. The summed E-state index contributed by atoms with van der Waals surface area (Å²) in [4.78, 5) is 0. The average molecular weight is 268 g/mol. The second-order valence-electron chi connectivity index (χ2n) is 3.60. The second kappa shape index (κ2) is 5.07. The normalized spacial score (nSPS) is 10.9. The fourth-order valence-electron chi connectivity index (χ4n) is 1.34. The molecule has 17 heavy (non-hydrogen) atoms. The first-order chi connectivity index (χ1) is 7.77. The minimum atomic E-state index is -2.57. The highest BCUT2D eigenvalue weighted by Gasteiger charge is 2.30. The summed E-state index contributed by atoms with van der Waals surface area (Å²) in [5.41, 5.74) is 0. The predicted octanol–water partition coefficient (Wildman–Crippen LogP) is 0.285. The highest BCUT2D eigenvalue weighted by Crippen LogP contribution is 2.25. The second-order valence-corrected chi connectivity index (χ2v) is 6.48. The van der Waals surface area contributed by atoms with Gasteiger partial charge in [0.05, 0.1) is 8.80 Å². The summed E-state index contributed by atoms with van der Waals surface area (Å²) in [5.74, 6) is -8.13. The summed E-state index contributed by atoms with van der Waals surface area (Å²) in [7, 11) is -4.70. The van der Waals surface area contributed by atoms with Crippen molar-refractivity contribution in [1.29, 1.82) is 0 Å². The van der Waals surface area contributed by atoms with Crippen LogP contribution in [0.1, 0.15) is 0 Å². The maximum absolute atomic E-state index is 13.4. The number of hydrogen-bond donors (Lipinski definition) is 2. The molecule has 1 aromatic carbocycles. The van der Waals surface area contributed by atoms with Gasteiger partial charge in [0.2, 0.25) is 11.6 Å². The zero-order chi connectivity index (χ0) is 13.3. The van der Waals surface area contributed by atoms with E-state index in [9.17, 15) is 17.6 Å². The monoisotopic (exact) mass is 268 g/mol. The minimum absolute atomic E-state index is 0.625. The number of halogens is 4. The SMILES string of the molecule is C[SiH](C)c1c(F)c(F)c(OB(O)O)c(F)c1F. The van der Waals surface area contributed by atoms with Gasteiger partial charge in [-0.1, -0.05) is 13.1 Å². The van der Waals surface area contributed by atoms with Gasteiger partial charge in [0.15, 0.2) is 17.4 Å². The van der Waals surface area contributed by atoms with Crippen molar-refractivity contribution in [2.45, 2.75) is 13.1 Å². The van der Waals surface area contributed by atoms with E-state index < -0.39 is 50.3 Å². The first-order valence-corrected chi connectivity index (χ1v) is 7.54. The topological polar surface area (TPSA) is 49.7 Å². The molecule has 3 nitrogen and oxygen atoms in total. The lowest BCUT2D eigenvalue weighted by Crippen LogP contribution is -2.33. The predicted molar refractivity (Wildman–Crippen MR) is 55.6 cm³/mol. The third-order valence-corrected chi connectivity index (χ3v) is 3.72. The van der Waals surface area contributed by atoms with E-state index in [1.807, 2.05) is 0 Å². The van der Waals surface area contributed by atoms with E-state index in [1.54, 1.807) is 0 Å². The first-order valence-electron chi connectivity index (χ1n) is 4.66. The van der Waals surface area contributed by atoms with Crippen LogP contribution in [0.4, 0.5) is 17.6 Å². The smallest absolute Gasteiger partial charge is 0.507 e. The molecule has 0 heterocycles. The van der Waals surface area contributed by atoms with Gasteiger partial charge in [0.25, 0.3) is 0 Å². The van der Waals surface area contributed by atoms with Gasteiger partial charge in [-0.2, -0.15) is 8.78 Å². The molecular weight excluding hydrogens is 259 g/mol. The lowest BCUT2D eigenvalue weighted by Gasteiger charge is -2.14. The zero-order valence-electron chi connectivity index (χ0n) is 8.97. The van der Waals surface area contributed by atoms with Crippen molar-refractivity contribution in [2.24, 2.45) is 0 Å². The van der Waals surface area contributed by atoms with E-state index >= 15 is 0 Å². The molecular formula is C8H9BF4O3Si. The zero-order valence-corrected chi connectivity index (χ0v) is 10.1. The molecule has 0 aliphatic rings. The Morgan fingerprint density at radius 1 is 0.941 bits per heavy atom. The van der Waals surface area contributed by atoms with E-state index in [2.05, 4.69) is 4.65 Å². The largest absolute Gasteiger partial charge is 0.707 e. The van der Waals surface area contributed by atoms with E-state index in [1.165, 1.54) is 13.1 Å². The van der Waals surface area contributed by atoms with Crippen molar-refractivity contribution in [1.82, 2.24) is 0 Å². The highest BCUT2D eigenvalue weighted by atomic mass is 28.3. The summed E-state index contributed by atoms with van der Waals surface area (Å²) in [6.07, 6.45) is 0. The Kier molecular flexibility index (Phi) is 4.17. The van der Waals surface area contributed by atoms with Crippen LogP contribution in [0.3, 0.4) is 0 Å². The van der Waals surface area contributed by atoms with Crippen LogP contribution in [0.5, 0.6) is 5.75 Å². The van der Waals surface area contributed by atoms with Gasteiger partial charge in [0.1, 0.15) is 0 Å². The van der Waals surface area contributed by atoms with Crippen LogP contribution in [0.15, 0.2) is 0 Å². The number of hydrogen-bond acceptors (Lipinski definition) is 3. The quantitative estimate of drug-likeness (QED) is 0.470. The Morgan fingerprint density at radius 2 is 1.35 bits per heavy atom. The lowest BCUT2D eigenvalue weighted by molar-refractivity contribution is 0.269. The molecule has 0 aromatic heterocycles. The lowest BCUT2D eigenvalue weighted by atomic mass is 10.2. The van der Waals surface area contributed by atoms with Gasteiger partial charge in [-0.3, -0.25) is 0 Å². The van der Waals surface area contributed by atoms with Crippen LogP contribution >= 0.6 is 0 Å². The highest BCUT2D eigenvalue weighted by molar-refractivity contribution is 6.70. The van der Waals surface area contributed by atoms with E-state index in [0.717, 1.165) is 0 Å². The van der Waals surface area contributed by atoms with Crippen LogP contribution in [-0.2, 0) is 0 Å². The Bertz CT molecular complexity index is 412. The molecule has 0 radical (unpaired) electrons. The molecule has 2 N–H and O–H groups in total. The van der Waals surface area contributed by atoms with Crippen LogP contribution < -0.4 is 9.84 Å². The van der Waals surface area contributed by atoms with Crippen molar-refractivity contribution < 1.29 is 32.3 Å². The van der Waals surface area contributed by atoms with Crippen molar-refractivity contribution in [2.75, 3.05) is 0 Å². The molecule has 0 atom stereocenters. The van der Waals surface area contributed by atoms with E-state index in [0.29, 0.717) is 0 Å². The van der Waals surface area contributed by atoms with Gasteiger partial charge in [-0.15, -0.1) is 0 Å². The van der Waals surface area contributed by atoms with Gasteiger partial charge in [-0.25, -0.2) is 8.78 Å². The fourth-order valence-corrected chi connectivity index (χ4v) is 2.61. The fraction of sp³-hybridized carbons (Fsp3) is 0.250. The Hall–Kier alpha value is -1.06. The maximum Gasteiger partial charge on any atom is 0.707 e. The molecule has 0 saturated carbocycles. The molecule has 1 aromatic rings.